The van der Waals surface area contributed by atoms with E-state index in [4.69, 9.17) is 16.3 Å². The molecule has 1 atom stereocenters. The number of fused-ring (bicyclic) bond motifs is 1. The summed E-state index contributed by atoms with van der Waals surface area (Å²) >= 11 is 6.18. The molecular formula is C25H25ClN2O3. The van der Waals surface area contributed by atoms with Crippen LogP contribution in [0, 0.1) is 5.92 Å². The largest absolute Gasteiger partial charge is 0.496 e. The summed E-state index contributed by atoms with van der Waals surface area (Å²) < 4.78 is 5.44. The smallest absolute Gasteiger partial charge is 0.254 e. The number of carbonyl (C=O) groups excluding carboxylic acids is 2. The average Bonchev–Trinajstić information content (AvgIpc) is 2.82. The van der Waals surface area contributed by atoms with Crippen LogP contribution in [0.1, 0.15) is 28.8 Å². The Morgan fingerprint density at radius 3 is 2.58 bits per heavy atom. The van der Waals surface area contributed by atoms with Gasteiger partial charge in [0, 0.05) is 35.6 Å². The van der Waals surface area contributed by atoms with E-state index >= 15 is 0 Å². The summed E-state index contributed by atoms with van der Waals surface area (Å²) in [4.78, 5) is 27.9. The van der Waals surface area contributed by atoms with E-state index in [2.05, 4.69) is 5.32 Å². The van der Waals surface area contributed by atoms with Crippen LogP contribution in [0.5, 0.6) is 5.75 Å². The van der Waals surface area contributed by atoms with Crippen LogP contribution >= 0.6 is 11.6 Å². The molecule has 160 valence electrons. The Kier molecular flexibility index (Phi) is 6.42. The van der Waals surface area contributed by atoms with Gasteiger partial charge in [-0.1, -0.05) is 54.1 Å². The summed E-state index contributed by atoms with van der Waals surface area (Å²) in [5.41, 5.74) is 1.51. The fourth-order valence-electron chi connectivity index (χ4n) is 4.15. The number of methoxy groups -OCH3 is 1. The molecule has 0 bridgehead atoms. The highest BCUT2D eigenvalue weighted by atomic mass is 35.5. The lowest BCUT2D eigenvalue weighted by molar-refractivity contribution is -0.126. The molecule has 5 nitrogen and oxygen atoms in total. The minimum atomic E-state index is -0.232. The van der Waals surface area contributed by atoms with E-state index < -0.39 is 0 Å². The molecule has 1 N–H and O–H groups in total. The molecule has 2 amide bonds. The topological polar surface area (TPSA) is 58.6 Å². The lowest BCUT2D eigenvalue weighted by atomic mass is 9.95. The number of nitrogens with zero attached hydrogens (tertiary/aromatic N) is 1. The molecule has 4 rings (SSSR count). The molecule has 1 fully saturated rings. The van der Waals surface area contributed by atoms with E-state index in [-0.39, 0.29) is 17.7 Å². The highest BCUT2D eigenvalue weighted by Gasteiger charge is 2.29. The van der Waals surface area contributed by atoms with Crippen molar-refractivity contribution in [2.24, 2.45) is 5.92 Å². The van der Waals surface area contributed by atoms with Crippen LogP contribution in [0.3, 0.4) is 0 Å². The van der Waals surface area contributed by atoms with E-state index in [0.29, 0.717) is 30.2 Å². The molecule has 1 aliphatic heterocycles. The maximum atomic E-state index is 13.3. The first-order chi connectivity index (χ1) is 15.1. The zero-order valence-corrected chi connectivity index (χ0v) is 18.2. The van der Waals surface area contributed by atoms with Gasteiger partial charge in [0.05, 0.1) is 13.0 Å². The third-order valence-corrected chi connectivity index (χ3v) is 6.19. The van der Waals surface area contributed by atoms with E-state index in [1.54, 1.807) is 12.0 Å². The number of rotatable bonds is 5. The molecule has 0 unspecified atom stereocenters. The SMILES string of the molecule is COc1ccc(C(=O)N2CCC[C@@H](C(=O)NCc3ccccc3Cl)C2)c2ccccc12. The molecule has 6 heteroatoms. The quantitative estimate of drug-likeness (QED) is 0.632. The maximum Gasteiger partial charge on any atom is 0.254 e. The van der Waals surface area contributed by atoms with Gasteiger partial charge in [-0.15, -0.1) is 0 Å². The number of benzene rings is 3. The molecule has 1 aliphatic rings. The molecule has 1 saturated heterocycles. The molecule has 0 aromatic heterocycles. The van der Waals surface area contributed by atoms with Crippen LogP contribution in [0.4, 0.5) is 0 Å². The van der Waals surface area contributed by atoms with Gasteiger partial charge in [0.1, 0.15) is 5.75 Å². The average molecular weight is 437 g/mol. The van der Waals surface area contributed by atoms with Gasteiger partial charge in [-0.2, -0.15) is 0 Å². The lowest BCUT2D eigenvalue weighted by Crippen LogP contribution is -2.45. The molecule has 3 aromatic rings. The zero-order valence-electron chi connectivity index (χ0n) is 17.4. The zero-order chi connectivity index (χ0) is 21.8. The molecule has 0 saturated carbocycles. The van der Waals surface area contributed by atoms with Crippen molar-refractivity contribution in [2.75, 3.05) is 20.2 Å². The minimum absolute atomic E-state index is 0.0444. The molecule has 0 radical (unpaired) electrons. The first-order valence-corrected chi connectivity index (χ1v) is 10.8. The van der Waals surface area contributed by atoms with Crippen molar-refractivity contribution in [3.8, 4) is 5.75 Å². The summed E-state index contributed by atoms with van der Waals surface area (Å²) in [5, 5.41) is 5.37. The molecule has 3 aromatic carbocycles. The third kappa shape index (κ3) is 4.52. The highest BCUT2D eigenvalue weighted by Crippen LogP contribution is 2.30. The molecule has 0 spiro atoms. The number of ether oxygens (including phenoxy) is 1. The van der Waals surface area contributed by atoms with Crippen LogP contribution in [0.15, 0.2) is 60.7 Å². The predicted molar refractivity (Wildman–Crippen MR) is 122 cm³/mol. The van der Waals surface area contributed by atoms with Crippen LogP contribution < -0.4 is 10.1 Å². The minimum Gasteiger partial charge on any atom is -0.496 e. The van der Waals surface area contributed by atoms with Gasteiger partial charge in [-0.3, -0.25) is 9.59 Å². The molecule has 0 aliphatic carbocycles. The van der Waals surface area contributed by atoms with Gasteiger partial charge < -0.3 is 15.0 Å². The number of hydrogen-bond acceptors (Lipinski definition) is 3. The number of nitrogens with one attached hydrogen (secondary N) is 1. The normalized spacial score (nSPS) is 16.2. The van der Waals surface area contributed by atoms with Gasteiger partial charge in [-0.25, -0.2) is 0 Å². The highest BCUT2D eigenvalue weighted by molar-refractivity contribution is 6.31. The monoisotopic (exact) mass is 436 g/mol. The third-order valence-electron chi connectivity index (χ3n) is 5.82. The number of hydrogen-bond donors (Lipinski definition) is 1. The van der Waals surface area contributed by atoms with Gasteiger partial charge in [0.2, 0.25) is 5.91 Å². The first kappa shape index (κ1) is 21.2. The predicted octanol–water partition coefficient (Wildman–Crippen LogP) is 4.67. The van der Waals surface area contributed by atoms with Crippen molar-refractivity contribution >= 4 is 34.2 Å². The maximum absolute atomic E-state index is 13.3. The van der Waals surface area contributed by atoms with Gasteiger partial charge >= 0.3 is 0 Å². The standard InChI is InChI=1S/C25H25ClN2O3/c1-31-23-13-12-21(19-9-3-4-10-20(19)23)25(30)28-14-6-8-18(16-28)24(29)27-15-17-7-2-5-11-22(17)26/h2-5,7,9-13,18H,6,8,14-16H2,1H3,(H,27,29)/t18-/m1/s1. The van der Waals surface area contributed by atoms with Crippen LogP contribution in [0.2, 0.25) is 5.02 Å². The number of carbonyl (C=O) groups is 2. The van der Waals surface area contributed by atoms with Crippen LogP contribution in [0.25, 0.3) is 10.8 Å². The fraction of sp³-hybridized carbons (Fsp3) is 0.280. The number of amides is 2. The Hall–Kier alpha value is -3.05. The van der Waals surface area contributed by atoms with Crippen LogP contribution in [-0.4, -0.2) is 36.9 Å². The van der Waals surface area contributed by atoms with Crippen molar-refractivity contribution in [2.45, 2.75) is 19.4 Å². The van der Waals surface area contributed by atoms with E-state index in [1.165, 1.54) is 0 Å². The number of halogens is 1. The Morgan fingerprint density at radius 2 is 1.81 bits per heavy atom. The summed E-state index contributed by atoms with van der Waals surface area (Å²) in [5.74, 6) is 0.409. The van der Waals surface area contributed by atoms with Crippen molar-refractivity contribution in [1.82, 2.24) is 10.2 Å². The number of piperidine rings is 1. The Morgan fingerprint density at radius 1 is 1.06 bits per heavy atom. The Labute approximate surface area is 186 Å². The van der Waals surface area contributed by atoms with Gasteiger partial charge in [-0.05, 0) is 42.0 Å². The van der Waals surface area contributed by atoms with Crippen molar-refractivity contribution in [3.05, 3.63) is 76.8 Å². The second kappa shape index (κ2) is 9.40. The van der Waals surface area contributed by atoms with Crippen molar-refractivity contribution in [1.29, 1.82) is 0 Å². The molecule has 31 heavy (non-hydrogen) atoms. The Bertz CT molecular complexity index is 1110. The van der Waals surface area contributed by atoms with Crippen molar-refractivity contribution in [3.63, 3.8) is 0 Å². The summed E-state index contributed by atoms with van der Waals surface area (Å²) in [6.45, 7) is 1.44. The Balaban J connectivity index is 1.47. The van der Waals surface area contributed by atoms with Gasteiger partial charge in [0.25, 0.3) is 5.91 Å². The second-order valence-corrected chi connectivity index (χ2v) is 8.17. The number of likely N-dealkylation sites (tertiary alicyclic amines) is 1. The molecule has 1 heterocycles. The van der Waals surface area contributed by atoms with E-state index in [9.17, 15) is 9.59 Å². The summed E-state index contributed by atoms with van der Waals surface area (Å²) in [6.07, 6.45) is 1.56. The lowest BCUT2D eigenvalue weighted by Gasteiger charge is -2.32. The van der Waals surface area contributed by atoms with Crippen LogP contribution in [-0.2, 0) is 11.3 Å². The fourth-order valence-corrected chi connectivity index (χ4v) is 4.35. The van der Waals surface area contributed by atoms with Gasteiger partial charge in [0.15, 0.2) is 0 Å². The molecular weight excluding hydrogens is 412 g/mol. The summed E-state index contributed by atoms with van der Waals surface area (Å²) in [6, 6.07) is 18.8. The van der Waals surface area contributed by atoms with E-state index in [0.717, 1.165) is 34.9 Å². The summed E-state index contributed by atoms with van der Waals surface area (Å²) in [7, 11) is 1.62. The van der Waals surface area contributed by atoms with Crippen molar-refractivity contribution < 1.29 is 14.3 Å². The first-order valence-electron chi connectivity index (χ1n) is 10.4. The van der Waals surface area contributed by atoms with E-state index in [1.807, 2.05) is 60.7 Å². The second-order valence-electron chi connectivity index (χ2n) is 7.76.